The van der Waals surface area contributed by atoms with Crippen LogP contribution in [0, 0.1) is 0 Å². The fourth-order valence-electron chi connectivity index (χ4n) is 1.74. The van der Waals surface area contributed by atoms with Crippen molar-refractivity contribution in [3.05, 3.63) is 35.4 Å². The number of benzene rings is 1. The minimum absolute atomic E-state index is 0.0937. The van der Waals surface area contributed by atoms with Crippen LogP contribution < -0.4 is 0 Å². The summed E-state index contributed by atoms with van der Waals surface area (Å²) in [7, 11) is -3.43. The Kier molecular flexibility index (Phi) is 4.35. The van der Waals surface area contributed by atoms with E-state index >= 15 is 0 Å². The van der Waals surface area contributed by atoms with Gasteiger partial charge in [-0.05, 0) is 53.8 Å². The lowest BCUT2D eigenvalue weighted by Gasteiger charge is -2.12. The summed E-state index contributed by atoms with van der Waals surface area (Å²) in [6.07, 6.45) is 1.70. The zero-order valence-corrected chi connectivity index (χ0v) is 12.2. The number of sulfone groups is 1. The molecular weight excluding hydrogens is 272 g/mol. The van der Waals surface area contributed by atoms with E-state index in [-0.39, 0.29) is 10.5 Å². The van der Waals surface area contributed by atoms with Gasteiger partial charge in [-0.3, -0.25) is 4.79 Å². The summed E-state index contributed by atoms with van der Waals surface area (Å²) < 4.78 is 23.5. The highest BCUT2D eigenvalue weighted by Crippen LogP contribution is 2.27. The van der Waals surface area contributed by atoms with Crippen LogP contribution in [0.4, 0.5) is 0 Å². The van der Waals surface area contributed by atoms with Gasteiger partial charge in [0.15, 0.2) is 9.84 Å². The predicted molar refractivity (Wildman–Crippen MR) is 73.8 cm³/mol. The monoisotopic (exact) mass is 286 g/mol. The highest BCUT2D eigenvalue weighted by molar-refractivity contribution is 7.90. The number of hydrogen-bond acceptors (Lipinski definition) is 3. The fourth-order valence-corrected chi connectivity index (χ4v) is 2.88. The molecule has 0 unspecified atom stereocenters. The summed E-state index contributed by atoms with van der Waals surface area (Å²) in [4.78, 5) is 11.4. The Bertz CT molecular complexity index is 615. The Morgan fingerprint density at radius 3 is 2.22 bits per heavy atom. The Morgan fingerprint density at radius 1 is 1.33 bits per heavy atom. The van der Waals surface area contributed by atoms with E-state index in [0.29, 0.717) is 17.6 Å². The SMILES string of the molecule is C=C(C)c1cc(CC)c(C(=O)Cl)cc1S(C)(=O)=O. The molecule has 0 aliphatic heterocycles. The molecule has 0 aromatic heterocycles. The zero-order chi connectivity index (χ0) is 14.1. The van der Waals surface area contributed by atoms with Crippen LogP contribution in [0.15, 0.2) is 23.6 Å². The maximum absolute atomic E-state index is 11.7. The molecule has 0 saturated heterocycles. The van der Waals surface area contributed by atoms with Crippen molar-refractivity contribution in [2.45, 2.75) is 25.2 Å². The highest BCUT2D eigenvalue weighted by Gasteiger charge is 2.19. The minimum atomic E-state index is -3.43. The van der Waals surface area contributed by atoms with Crippen LogP contribution in [0.2, 0.25) is 0 Å². The number of carbonyl (C=O) groups is 1. The van der Waals surface area contributed by atoms with Gasteiger partial charge in [0.05, 0.1) is 4.90 Å². The third-order valence-electron chi connectivity index (χ3n) is 2.66. The molecule has 0 saturated carbocycles. The van der Waals surface area contributed by atoms with Crippen LogP contribution in [0.3, 0.4) is 0 Å². The molecule has 0 N–H and O–H groups in total. The summed E-state index contributed by atoms with van der Waals surface area (Å²) in [6.45, 7) is 7.37. The van der Waals surface area contributed by atoms with E-state index in [2.05, 4.69) is 6.58 Å². The van der Waals surface area contributed by atoms with Crippen molar-refractivity contribution in [1.29, 1.82) is 0 Å². The molecule has 0 heterocycles. The van der Waals surface area contributed by atoms with Gasteiger partial charge in [0, 0.05) is 11.8 Å². The lowest BCUT2D eigenvalue weighted by molar-refractivity contribution is 0.108. The van der Waals surface area contributed by atoms with Crippen LogP contribution in [0.25, 0.3) is 5.57 Å². The van der Waals surface area contributed by atoms with Crippen molar-refractivity contribution >= 4 is 32.3 Å². The molecule has 0 radical (unpaired) electrons. The molecule has 0 aliphatic rings. The van der Waals surface area contributed by atoms with E-state index in [0.717, 1.165) is 11.8 Å². The number of halogens is 1. The van der Waals surface area contributed by atoms with Crippen molar-refractivity contribution < 1.29 is 13.2 Å². The first-order valence-electron chi connectivity index (χ1n) is 5.41. The van der Waals surface area contributed by atoms with E-state index in [4.69, 9.17) is 11.6 Å². The standard InChI is InChI=1S/C13H15ClO3S/c1-5-9-6-10(8(2)3)12(18(4,16)17)7-11(9)13(14)15/h6-7H,2,5H2,1,3-4H3. The first-order valence-corrected chi connectivity index (χ1v) is 7.68. The van der Waals surface area contributed by atoms with Crippen molar-refractivity contribution in [1.82, 2.24) is 0 Å². The van der Waals surface area contributed by atoms with Gasteiger partial charge in [-0.15, -0.1) is 0 Å². The molecule has 0 bridgehead atoms. The van der Waals surface area contributed by atoms with E-state index in [9.17, 15) is 13.2 Å². The number of carbonyl (C=O) groups excluding carboxylic acids is 1. The van der Waals surface area contributed by atoms with E-state index < -0.39 is 15.1 Å². The van der Waals surface area contributed by atoms with Gasteiger partial charge in [0.2, 0.25) is 0 Å². The second-order valence-corrected chi connectivity index (χ2v) is 6.51. The average molecular weight is 287 g/mol. The first kappa shape index (κ1) is 14.9. The topological polar surface area (TPSA) is 51.2 Å². The van der Waals surface area contributed by atoms with Crippen LogP contribution in [-0.2, 0) is 16.3 Å². The molecule has 0 aliphatic carbocycles. The second kappa shape index (κ2) is 5.24. The van der Waals surface area contributed by atoms with Crippen LogP contribution in [0.5, 0.6) is 0 Å². The Hall–Kier alpha value is -1.13. The molecule has 1 aromatic rings. The summed E-state index contributed by atoms with van der Waals surface area (Å²) in [5.74, 6) is 0. The van der Waals surface area contributed by atoms with E-state index in [1.807, 2.05) is 6.92 Å². The largest absolute Gasteiger partial charge is 0.276 e. The zero-order valence-electron chi connectivity index (χ0n) is 10.6. The lowest BCUT2D eigenvalue weighted by atomic mass is 9.99. The Labute approximate surface area is 112 Å². The van der Waals surface area contributed by atoms with Crippen molar-refractivity contribution in [3.8, 4) is 0 Å². The molecule has 0 fully saturated rings. The number of hydrogen-bond donors (Lipinski definition) is 0. The number of aryl methyl sites for hydroxylation is 1. The quantitative estimate of drug-likeness (QED) is 0.799. The smallest absolute Gasteiger partial charge is 0.252 e. The molecule has 5 heteroatoms. The molecule has 1 rings (SSSR count). The molecule has 1 aromatic carbocycles. The lowest BCUT2D eigenvalue weighted by Crippen LogP contribution is -2.07. The highest BCUT2D eigenvalue weighted by atomic mass is 35.5. The molecule has 0 spiro atoms. The summed E-state index contributed by atoms with van der Waals surface area (Å²) in [5.41, 5.74) is 2.14. The van der Waals surface area contributed by atoms with Crippen LogP contribution in [-0.4, -0.2) is 19.9 Å². The van der Waals surface area contributed by atoms with Gasteiger partial charge in [0.25, 0.3) is 5.24 Å². The summed E-state index contributed by atoms with van der Waals surface area (Å²) >= 11 is 5.48. The molecule has 3 nitrogen and oxygen atoms in total. The van der Waals surface area contributed by atoms with Gasteiger partial charge in [-0.25, -0.2) is 8.42 Å². The number of allylic oxidation sites excluding steroid dienone is 1. The second-order valence-electron chi connectivity index (χ2n) is 4.19. The van der Waals surface area contributed by atoms with Crippen LogP contribution in [0.1, 0.15) is 35.3 Å². The van der Waals surface area contributed by atoms with E-state index in [1.54, 1.807) is 13.0 Å². The van der Waals surface area contributed by atoms with Crippen molar-refractivity contribution in [3.63, 3.8) is 0 Å². The van der Waals surface area contributed by atoms with Gasteiger partial charge >= 0.3 is 0 Å². The minimum Gasteiger partial charge on any atom is -0.276 e. The number of rotatable bonds is 4. The molecular formula is C13H15ClO3S. The van der Waals surface area contributed by atoms with Crippen molar-refractivity contribution in [2.75, 3.05) is 6.26 Å². The molecule has 0 amide bonds. The van der Waals surface area contributed by atoms with Gasteiger partial charge < -0.3 is 0 Å². The summed E-state index contributed by atoms with van der Waals surface area (Å²) in [6, 6.07) is 3.02. The molecule has 0 atom stereocenters. The third kappa shape index (κ3) is 3.00. The van der Waals surface area contributed by atoms with Crippen LogP contribution >= 0.6 is 11.6 Å². The fraction of sp³-hybridized carbons (Fsp3) is 0.308. The van der Waals surface area contributed by atoms with Gasteiger partial charge in [-0.2, -0.15) is 0 Å². The average Bonchev–Trinajstić information content (AvgIpc) is 2.25. The maximum atomic E-state index is 11.7. The first-order chi connectivity index (χ1) is 8.18. The van der Waals surface area contributed by atoms with E-state index in [1.165, 1.54) is 6.07 Å². The Morgan fingerprint density at radius 2 is 1.89 bits per heavy atom. The normalized spacial score (nSPS) is 11.3. The maximum Gasteiger partial charge on any atom is 0.252 e. The van der Waals surface area contributed by atoms with Gasteiger partial charge in [-0.1, -0.05) is 13.5 Å². The Balaban J connectivity index is 3.74. The molecule has 98 valence electrons. The summed E-state index contributed by atoms with van der Waals surface area (Å²) in [5, 5.41) is -0.648. The van der Waals surface area contributed by atoms with Gasteiger partial charge in [0.1, 0.15) is 0 Å². The van der Waals surface area contributed by atoms with Crippen molar-refractivity contribution in [2.24, 2.45) is 0 Å². The predicted octanol–water partition coefficient (Wildman–Crippen LogP) is 3.06. The third-order valence-corrected chi connectivity index (χ3v) is 4.00. The molecule has 18 heavy (non-hydrogen) atoms.